The number of rotatable bonds is 4. The molecular formula is C9H16O. The molecule has 1 N–H and O–H groups in total. The Labute approximate surface area is 63.1 Å². The fourth-order valence-electron chi connectivity index (χ4n) is 0.727. The van der Waals surface area contributed by atoms with Gasteiger partial charge in [-0.15, -0.1) is 6.58 Å². The molecule has 0 bridgehead atoms. The second-order valence-corrected chi connectivity index (χ2v) is 2.40. The van der Waals surface area contributed by atoms with E-state index in [1.54, 1.807) is 0 Å². The highest BCUT2D eigenvalue weighted by Gasteiger charge is 2.00. The third-order valence-electron chi connectivity index (χ3n) is 1.52. The Bertz CT molecular complexity index is 125. The second kappa shape index (κ2) is 5.24. The van der Waals surface area contributed by atoms with Crippen molar-refractivity contribution in [2.45, 2.75) is 32.8 Å². The molecule has 0 aliphatic heterocycles. The summed E-state index contributed by atoms with van der Waals surface area (Å²) in [5.74, 6) is 0. The first-order valence-electron chi connectivity index (χ1n) is 3.68. The summed E-state index contributed by atoms with van der Waals surface area (Å²) in [6.07, 6.45) is 5.20. The normalized spacial score (nSPS) is 14.9. The van der Waals surface area contributed by atoms with E-state index in [1.807, 2.05) is 26.0 Å². The average molecular weight is 140 g/mol. The van der Waals surface area contributed by atoms with E-state index in [2.05, 4.69) is 6.58 Å². The van der Waals surface area contributed by atoms with Gasteiger partial charge in [-0.25, -0.2) is 0 Å². The molecule has 58 valence electrons. The average Bonchev–Trinajstić information content (AvgIpc) is 1.98. The molecule has 10 heavy (non-hydrogen) atoms. The van der Waals surface area contributed by atoms with Crippen LogP contribution in [-0.4, -0.2) is 11.2 Å². The van der Waals surface area contributed by atoms with Crippen molar-refractivity contribution in [1.82, 2.24) is 0 Å². The van der Waals surface area contributed by atoms with Gasteiger partial charge in [0.25, 0.3) is 0 Å². The Morgan fingerprint density at radius 1 is 1.70 bits per heavy atom. The van der Waals surface area contributed by atoms with E-state index >= 15 is 0 Å². The van der Waals surface area contributed by atoms with Crippen molar-refractivity contribution in [3.05, 3.63) is 24.3 Å². The predicted octanol–water partition coefficient (Wildman–Crippen LogP) is 2.28. The van der Waals surface area contributed by atoms with Crippen molar-refractivity contribution < 1.29 is 5.11 Å². The summed E-state index contributed by atoms with van der Waals surface area (Å²) in [4.78, 5) is 0. The monoisotopic (exact) mass is 140 g/mol. The third kappa shape index (κ3) is 3.46. The third-order valence-corrected chi connectivity index (χ3v) is 1.52. The van der Waals surface area contributed by atoms with Crippen LogP contribution in [0.25, 0.3) is 0 Å². The Balaban J connectivity index is 3.78. The maximum Gasteiger partial charge on any atom is 0.0744 e. The molecule has 0 fully saturated rings. The molecule has 0 radical (unpaired) electrons. The molecular weight excluding hydrogens is 124 g/mol. The van der Waals surface area contributed by atoms with Gasteiger partial charge in [0.15, 0.2) is 0 Å². The first kappa shape index (κ1) is 9.44. The van der Waals surface area contributed by atoms with E-state index in [9.17, 15) is 5.11 Å². The first-order chi connectivity index (χ1) is 4.72. The molecule has 0 aliphatic carbocycles. The highest BCUT2D eigenvalue weighted by molar-refractivity contribution is 5.05. The van der Waals surface area contributed by atoms with Crippen molar-refractivity contribution in [1.29, 1.82) is 0 Å². The quantitative estimate of drug-likeness (QED) is 0.594. The van der Waals surface area contributed by atoms with Crippen LogP contribution >= 0.6 is 0 Å². The topological polar surface area (TPSA) is 20.2 Å². The van der Waals surface area contributed by atoms with Crippen molar-refractivity contribution in [3.8, 4) is 0 Å². The lowest BCUT2D eigenvalue weighted by Gasteiger charge is -2.06. The maximum atomic E-state index is 9.25. The number of hydrogen-bond donors (Lipinski definition) is 1. The predicted molar refractivity (Wildman–Crippen MR) is 44.9 cm³/mol. The van der Waals surface area contributed by atoms with E-state index in [0.29, 0.717) is 0 Å². The van der Waals surface area contributed by atoms with Gasteiger partial charge in [-0.3, -0.25) is 0 Å². The van der Waals surface area contributed by atoms with Crippen LogP contribution in [0, 0.1) is 0 Å². The molecule has 0 aromatic carbocycles. The van der Waals surface area contributed by atoms with Gasteiger partial charge < -0.3 is 5.11 Å². The second-order valence-electron chi connectivity index (χ2n) is 2.40. The molecule has 1 unspecified atom stereocenters. The summed E-state index contributed by atoms with van der Waals surface area (Å²) in [6, 6.07) is 0. The lowest BCUT2D eigenvalue weighted by molar-refractivity contribution is 0.206. The molecule has 0 aromatic heterocycles. The first-order valence-corrected chi connectivity index (χ1v) is 3.68. The standard InChI is InChI=1S/C9H16O/c1-4-6-7-8(3)9(10)5-2/h4,7,9-10H,1,5-6H2,2-3H3/b8-7+. The summed E-state index contributed by atoms with van der Waals surface area (Å²) < 4.78 is 0. The summed E-state index contributed by atoms with van der Waals surface area (Å²) in [7, 11) is 0. The van der Waals surface area contributed by atoms with Gasteiger partial charge in [0.1, 0.15) is 0 Å². The molecule has 0 aliphatic rings. The van der Waals surface area contributed by atoms with Gasteiger partial charge in [0.05, 0.1) is 6.10 Å². The zero-order valence-electron chi connectivity index (χ0n) is 6.80. The molecule has 0 spiro atoms. The summed E-state index contributed by atoms with van der Waals surface area (Å²) in [5.41, 5.74) is 1.04. The van der Waals surface area contributed by atoms with E-state index in [1.165, 1.54) is 0 Å². The van der Waals surface area contributed by atoms with E-state index in [-0.39, 0.29) is 6.10 Å². The Kier molecular flexibility index (Phi) is 4.95. The largest absolute Gasteiger partial charge is 0.389 e. The van der Waals surface area contributed by atoms with Crippen molar-refractivity contribution in [3.63, 3.8) is 0 Å². The molecule has 0 amide bonds. The zero-order valence-corrected chi connectivity index (χ0v) is 6.80. The fourth-order valence-corrected chi connectivity index (χ4v) is 0.727. The van der Waals surface area contributed by atoms with Gasteiger partial charge in [-0.2, -0.15) is 0 Å². The van der Waals surface area contributed by atoms with Gasteiger partial charge in [-0.05, 0) is 25.3 Å². The van der Waals surface area contributed by atoms with Crippen molar-refractivity contribution in [2.24, 2.45) is 0 Å². The summed E-state index contributed by atoms with van der Waals surface area (Å²) >= 11 is 0. The van der Waals surface area contributed by atoms with Gasteiger partial charge in [-0.1, -0.05) is 19.1 Å². The van der Waals surface area contributed by atoms with Crippen LogP contribution < -0.4 is 0 Å². The highest BCUT2D eigenvalue weighted by Crippen LogP contribution is 2.05. The van der Waals surface area contributed by atoms with Gasteiger partial charge in [0.2, 0.25) is 0 Å². The van der Waals surface area contributed by atoms with Crippen molar-refractivity contribution >= 4 is 0 Å². The van der Waals surface area contributed by atoms with E-state index in [4.69, 9.17) is 0 Å². The molecule has 1 atom stereocenters. The lowest BCUT2D eigenvalue weighted by Crippen LogP contribution is -2.05. The maximum absolute atomic E-state index is 9.25. The van der Waals surface area contributed by atoms with Crippen LogP contribution in [-0.2, 0) is 0 Å². The molecule has 0 heterocycles. The SMILES string of the molecule is C=CC/C=C(\C)C(O)CC. The smallest absolute Gasteiger partial charge is 0.0744 e. The van der Waals surface area contributed by atoms with Crippen LogP contribution in [0.3, 0.4) is 0 Å². The fraction of sp³-hybridized carbons (Fsp3) is 0.556. The summed E-state index contributed by atoms with van der Waals surface area (Å²) in [6.45, 7) is 7.50. The molecule has 1 nitrogen and oxygen atoms in total. The van der Waals surface area contributed by atoms with Crippen LogP contribution in [0.5, 0.6) is 0 Å². The van der Waals surface area contributed by atoms with Crippen LogP contribution in [0.15, 0.2) is 24.3 Å². The van der Waals surface area contributed by atoms with E-state index in [0.717, 1.165) is 18.4 Å². The molecule has 0 saturated carbocycles. The van der Waals surface area contributed by atoms with E-state index < -0.39 is 0 Å². The van der Waals surface area contributed by atoms with Gasteiger partial charge in [0, 0.05) is 0 Å². The van der Waals surface area contributed by atoms with Crippen LogP contribution in [0.1, 0.15) is 26.7 Å². The lowest BCUT2D eigenvalue weighted by atomic mass is 10.1. The van der Waals surface area contributed by atoms with Gasteiger partial charge >= 0.3 is 0 Å². The van der Waals surface area contributed by atoms with Crippen molar-refractivity contribution in [2.75, 3.05) is 0 Å². The minimum Gasteiger partial charge on any atom is -0.389 e. The summed E-state index contributed by atoms with van der Waals surface area (Å²) in [5, 5.41) is 9.25. The zero-order chi connectivity index (χ0) is 7.98. The highest BCUT2D eigenvalue weighted by atomic mass is 16.3. The minimum atomic E-state index is -0.264. The Morgan fingerprint density at radius 3 is 2.70 bits per heavy atom. The number of aliphatic hydroxyl groups is 1. The number of hydrogen-bond acceptors (Lipinski definition) is 1. The number of aliphatic hydroxyl groups excluding tert-OH is 1. The number of allylic oxidation sites excluding steroid dienone is 2. The minimum absolute atomic E-state index is 0.264. The Hall–Kier alpha value is -0.560. The Morgan fingerprint density at radius 2 is 2.30 bits per heavy atom. The molecule has 0 saturated heterocycles. The van der Waals surface area contributed by atoms with Crippen LogP contribution in [0.2, 0.25) is 0 Å². The molecule has 0 rings (SSSR count). The molecule has 0 aromatic rings. The van der Waals surface area contributed by atoms with Crippen LogP contribution in [0.4, 0.5) is 0 Å². The molecule has 1 heteroatoms.